The van der Waals surface area contributed by atoms with Gasteiger partial charge in [-0.2, -0.15) is 5.10 Å². The molecule has 0 aliphatic heterocycles. The average molecular weight is 573 g/mol. The number of rotatable bonds is 8. The molecule has 176 valence electrons. The van der Waals surface area contributed by atoms with Crippen LogP contribution in [0.25, 0.3) is 17.1 Å². The van der Waals surface area contributed by atoms with Gasteiger partial charge in [-0.05, 0) is 42.5 Å². The van der Waals surface area contributed by atoms with Crippen molar-refractivity contribution < 1.29 is 9.72 Å². The molecular weight excluding hydrogens is 558 g/mol. The number of hydrazone groups is 1. The Morgan fingerprint density at radius 1 is 1.17 bits per heavy atom. The zero-order valence-electron chi connectivity index (χ0n) is 17.7. The molecule has 0 unspecified atom stereocenters. The molecule has 1 N–H and O–H groups in total. The summed E-state index contributed by atoms with van der Waals surface area (Å²) >= 11 is 10.4. The fourth-order valence-electron chi connectivity index (χ4n) is 2.97. The third-order valence-corrected chi connectivity index (χ3v) is 6.34. The molecule has 10 nitrogen and oxygen atoms in total. The molecule has 13 heteroatoms. The van der Waals surface area contributed by atoms with Gasteiger partial charge >= 0.3 is 0 Å². The lowest BCUT2D eigenvalue weighted by molar-refractivity contribution is -0.384. The Labute approximate surface area is 216 Å². The quantitative estimate of drug-likeness (QED) is 0.138. The maximum absolute atomic E-state index is 12.4. The Morgan fingerprint density at radius 2 is 1.91 bits per heavy atom. The number of nitrogens with one attached hydrogen (secondary N) is 1. The van der Waals surface area contributed by atoms with Crippen LogP contribution in [0.15, 0.2) is 81.7 Å². The predicted molar refractivity (Wildman–Crippen MR) is 137 cm³/mol. The monoisotopic (exact) mass is 571 g/mol. The second kappa shape index (κ2) is 11.2. The lowest BCUT2D eigenvalue weighted by Gasteiger charge is -2.10. The van der Waals surface area contributed by atoms with E-state index in [1.54, 1.807) is 18.5 Å². The summed E-state index contributed by atoms with van der Waals surface area (Å²) in [5, 5.41) is 24.0. The lowest BCUT2D eigenvalue weighted by atomic mass is 10.2. The average Bonchev–Trinajstić information content (AvgIpc) is 3.28. The maximum Gasteiger partial charge on any atom is 0.288 e. The van der Waals surface area contributed by atoms with Crippen LogP contribution < -0.4 is 5.43 Å². The Bertz CT molecular complexity index is 1400. The van der Waals surface area contributed by atoms with Crippen LogP contribution in [0.1, 0.15) is 5.56 Å². The van der Waals surface area contributed by atoms with Crippen LogP contribution in [0.2, 0.25) is 5.02 Å². The minimum absolute atomic E-state index is 0.0170. The number of aromatic nitrogens is 4. The number of amides is 1. The van der Waals surface area contributed by atoms with Gasteiger partial charge in [-0.1, -0.05) is 45.4 Å². The maximum atomic E-state index is 12.4. The molecule has 0 saturated heterocycles. The van der Waals surface area contributed by atoms with Crippen LogP contribution >= 0.6 is 39.3 Å². The van der Waals surface area contributed by atoms with Crippen molar-refractivity contribution in [1.82, 2.24) is 25.2 Å². The van der Waals surface area contributed by atoms with E-state index in [1.165, 1.54) is 30.1 Å². The molecule has 1 amide bonds. The van der Waals surface area contributed by atoms with Crippen molar-refractivity contribution in [2.45, 2.75) is 5.16 Å². The fourth-order valence-corrected chi connectivity index (χ4v) is 4.16. The van der Waals surface area contributed by atoms with Crippen molar-refractivity contribution in [2.24, 2.45) is 5.10 Å². The molecule has 4 rings (SSSR count). The first-order valence-corrected chi connectivity index (χ1v) is 12.1. The second-order valence-corrected chi connectivity index (χ2v) is 9.17. The van der Waals surface area contributed by atoms with Gasteiger partial charge in [0, 0.05) is 39.7 Å². The van der Waals surface area contributed by atoms with Crippen LogP contribution in [0.4, 0.5) is 5.69 Å². The van der Waals surface area contributed by atoms with Crippen molar-refractivity contribution in [3.63, 3.8) is 0 Å². The molecule has 2 aromatic heterocycles. The summed E-state index contributed by atoms with van der Waals surface area (Å²) in [6, 6.07) is 15.5. The number of hydrogen-bond donors (Lipinski definition) is 1. The number of nitro groups is 1. The largest absolute Gasteiger partial charge is 0.288 e. The summed E-state index contributed by atoms with van der Waals surface area (Å²) in [6.07, 6.45) is 4.64. The van der Waals surface area contributed by atoms with E-state index < -0.39 is 4.92 Å². The van der Waals surface area contributed by atoms with Crippen LogP contribution in [0, 0.1) is 10.1 Å². The van der Waals surface area contributed by atoms with Crippen molar-refractivity contribution in [3.8, 4) is 17.1 Å². The Kier molecular flexibility index (Phi) is 7.85. The molecule has 0 fully saturated rings. The van der Waals surface area contributed by atoms with E-state index in [-0.39, 0.29) is 22.4 Å². The lowest BCUT2D eigenvalue weighted by Crippen LogP contribution is -2.20. The van der Waals surface area contributed by atoms with E-state index in [0.29, 0.717) is 16.5 Å². The first-order chi connectivity index (χ1) is 16.9. The minimum atomic E-state index is -0.587. The minimum Gasteiger partial charge on any atom is -0.272 e. The number of carbonyl (C=O) groups is 1. The number of nitrogens with zero attached hydrogens (tertiary/aromatic N) is 6. The molecule has 2 aromatic carbocycles. The second-order valence-electron chi connectivity index (χ2n) is 6.90. The molecule has 0 radical (unpaired) electrons. The predicted octanol–water partition coefficient (Wildman–Crippen LogP) is 4.90. The number of carbonyl (C=O) groups excluding carboxylic acids is 1. The van der Waals surface area contributed by atoms with Gasteiger partial charge in [-0.15, -0.1) is 10.2 Å². The van der Waals surface area contributed by atoms with E-state index in [4.69, 9.17) is 11.6 Å². The molecule has 35 heavy (non-hydrogen) atoms. The highest BCUT2D eigenvalue weighted by Gasteiger charge is 2.17. The summed E-state index contributed by atoms with van der Waals surface area (Å²) < 4.78 is 2.78. The SMILES string of the molecule is O=C(CSc1nnc(-c2ccncc2)n1-c1ccc(Br)cc1)NN=Cc1ccc(Cl)c([N+](=O)[O-])c1. The van der Waals surface area contributed by atoms with E-state index in [9.17, 15) is 14.9 Å². The molecule has 0 atom stereocenters. The number of pyridine rings is 1. The number of nitro benzene ring substituents is 1. The molecular formula is C22H15BrClN7O3S. The first kappa shape index (κ1) is 24.5. The Balaban J connectivity index is 1.48. The molecule has 0 aliphatic rings. The van der Waals surface area contributed by atoms with Gasteiger partial charge in [0.15, 0.2) is 11.0 Å². The highest BCUT2D eigenvalue weighted by atomic mass is 79.9. The molecule has 0 aliphatic carbocycles. The van der Waals surface area contributed by atoms with Gasteiger partial charge in [0.2, 0.25) is 0 Å². The number of thioether (sulfide) groups is 1. The topological polar surface area (TPSA) is 128 Å². The van der Waals surface area contributed by atoms with E-state index in [0.717, 1.165) is 15.7 Å². The van der Waals surface area contributed by atoms with Crippen molar-refractivity contribution in [3.05, 3.63) is 92.2 Å². The van der Waals surface area contributed by atoms with Gasteiger partial charge in [0.1, 0.15) is 5.02 Å². The molecule has 0 bridgehead atoms. The van der Waals surface area contributed by atoms with Crippen LogP contribution in [0.5, 0.6) is 0 Å². The zero-order valence-corrected chi connectivity index (χ0v) is 20.9. The number of benzene rings is 2. The highest BCUT2D eigenvalue weighted by molar-refractivity contribution is 9.10. The summed E-state index contributed by atoms with van der Waals surface area (Å²) in [6.45, 7) is 0. The molecule has 0 saturated carbocycles. The van der Waals surface area contributed by atoms with Gasteiger partial charge in [-0.3, -0.25) is 24.5 Å². The van der Waals surface area contributed by atoms with Gasteiger partial charge in [-0.25, -0.2) is 5.43 Å². The van der Waals surface area contributed by atoms with Gasteiger partial charge in [0.05, 0.1) is 16.9 Å². The molecule has 0 spiro atoms. The van der Waals surface area contributed by atoms with Crippen LogP contribution in [-0.4, -0.2) is 42.5 Å². The fraction of sp³-hybridized carbons (Fsp3) is 0.0455. The Morgan fingerprint density at radius 3 is 2.63 bits per heavy atom. The van der Waals surface area contributed by atoms with E-state index >= 15 is 0 Å². The molecule has 4 aromatic rings. The first-order valence-electron chi connectivity index (χ1n) is 9.93. The third-order valence-electron chi connectivity index (χ3n) is 4.56. The zero-order chi connectivity index (χ0) is 24.8. The van der Waals surface area contributed by atoms with Gasteiger partial charge < -0.3 is 0 Å². The van der Waals surface area contributed by atoms with Crippen LogP contribution in [0.3, 0.4) is 0 Å². The third kappa shape index (κ3) is 6.10. The summed E-state index contributed by atoms with van der Waals surface area (Å²) in [7, 11) is 0. The summed E-state index contributed by atoms with van der Waals surface area (Å²) in [5.74, 6) is 0.244. The smallest absolute Gasteiger partial charge is 0.272 e. The molecule has 2 heterocycles. The normalized spacial score (nSPS) is 11.0. The van der Waals surface area contributed by atoms with E-state index in [1.807, 2.05) is 41.0 Å². The number of hydrogen-bond acceptors (Lipinski definition) is 8. The van der Waals surface area contributed by atoms with Crippen molar-refractivity contribution in [2.75, 3.05) is 5.75 Å². The van der Waals surface area contributed by atoms with Crippen LogP contribution in [-0.2, 0) is 4.79 Å². The number of halogens is 2. The van der Waals surface area contributed by atoms with E-state index in [2.05, 4.69) is 41.6 Å². The van der Waals surface area contributed by atoms with Crippen molar-refractivity contribution >= 4 is 57.1 Å². The summed E-state index contributed by atoms with van der Waals surface area (Å²) in [4.78, 5) is 26.8. The summed E-state index contributed by atoms with van der Waals surface area (Å²) in [5.41, 5.74) is 4.24. The van der Waals surface area contributed by atoms with Crippen molar-refractivity contribution in [1.29, 1.82) is 0 Å². The Hall–Kier alpha value is -3.61. The highest BCUT2D eigenvalue weighted by Crippen LogP contribution is 2.28. The van der Waals surface area contributed by atoms with Gasteiger partial charge in [0.25, 0.3) is 11.6 Å². The standard InChI is InChI=1S/C22H15BrClN7O3S/c23-16-2-4-17(5-3-16)30-21(15-7-9-25-10-8-15)28-29-22(30)35-13-20(32)27-26-12-14-1-6-18(24)19(11-14)31(33)34/h1-12H,13H2,(H,27,32).